The van der Waals surface area contributed by atoms with Crippen molar-refractivity contribution in [3.63, 3.8) is 0 Å². The van der Waals surface area contributed by atoms with Gasteiger partial charge in [0.25, 0.3) is 5.91 Å². The molecule has 1 aliphatic heterocycles. The predicted octanol–water partition coefficient (Wildman–Crippen LogP) is 3.51. The maximum Gasteiger partial charge on any atom is 0.273 e. The van der Waals surface area contributed by atoms with Crippen LogP contribution in [0.5, 0.6) is 5.75 Å². The van der Waals surface area contributed by atoms with E-state index in [1.807, 2.05) is 36.4 Å². The highest BCUT2D eigenvalue weighted by Crippen LogP contribution is 2.26. The molecular formula is C21H23N3O4. The fourth-order valence-electron chi connectivity index (χ4n) is 3.50. The van der Waals surface area contributed by atoms with Crippen LogP contribution in [0.25, 0.3) is 11.3 Å². The molecule has 1 aliphatic rings. The summed E-state index contributed by atoms with van der Waals surface area (Å²) in [6, 6.07) is 12.9. The Hall–Kier alpha value is -3.06. The van der Waals surface area contributed by atoms with Crippen molar-refractivity contribution < 1.29 is 18.5 Å². The number of likely N-dealkylation sites (tertiary alicyclic amines) is 1. The Kier molecular flexibility index (Phi) is 5.43. The van der Waals surface area contributed by atoms with Crippen molar-refractivity contribution >= 4 is 5.91 Å². The van der Waals surface area contributed by atoms with Crippen molar-refractivity contribution in [2.45, 2.75) is 18.9 Å². The van der Waals surface area contributed by atoms with Gasteiger partial charge in [0, 0.05) is 18.2 Å². The van der Waals surface area contributed by atoms with Gasteiger partial charge in [-0.2, -0.15) is 0 Å². The fraction of sp³-hybridized carbons (Fsp3) is 0.333. The maximum absolute atomic E-state index is 12.6. The lowest BCUT2D eigenvalue weighted by molar-refractivity contribution is 0.0925. The number of hydrogen-bond donors (Lipinski definition) is 1. The zero-order chi connectivity index (χ0) is 19.3. The van der Waals surface area contributed by atoms with E-state index in [0.29, 0.717) is 12.3 Å². The number of nitrogens with zero attached hydrogens (tertiary/aromatic N) is 2. The molecule has 2 aromatic heterocycles. The van der Waals surface area contributed by atoms with Gasteiger partial charge in [-0.15, -0.1) is 0 Å². The first kappa shape index (κ1) is 18.3. The molecule has 0 spiro atoms. The third-order valence-electron chi connectivity index (χ3n) is 5.03. The number of amides is 1. The van der Waals surface area contributed by atoms with Crippen molar-refractivity contribution in [2.24, 2.45) is 0 Å². The summed E-state index contributed by atoms with van der Waals surface area (Å²) < 4.78 is 16.1. The Morgan fingerprint density at radius 2 is 2.04 bits per heavy atom. The van der Waals surface area contributed by atoms with Crippen LogP contribution in [0.15, 0.2) is 57.7 Å². The number of aromatic nitrogens is 1. The molecule has 1 atom stereocenters. The average Bonchev–Trinajstić information content (AvgIpc) is 3.50. The predicted molar refractivity (Wildman–Crippen MR) is 103 cm³/mol. The number of carbonyl (C=O) groups excluding carboxylic acids is 1. The van der Waals surface area contributed by atoms with E-state index in [2.05, 4.69) is 15.4 Å². The smallest absolute Gasteiger partial charge is 0.273 e. The second-order valence-electron chi connectivity index (χ2n) is 6.79. The molecule has 0 radical (unpaired) electrons. The minimum Gasteiger partial charge on any atom is -0.497 e. The largest absolute Gasteiger partial charge is 0.497 e. The number of methoxy groups -OCH3 is 1. The number of carbonyl (C=O) groups is 1. The summed E-state index contributed by atoms with van der Waals surface area (Å²) in [6.07, 6.45) is 4.00. The van der Waals surface area contributed by atoms with Gasteiger partial charge in [0.2, 0.25) is 0 Å². The number of rotatable bonds is 7. The Bertz CT molecular complexity index is 896. The van der Waals surface area contributed by atoms with Crippen LogP contribution in [0.3, 0.4) is 0 Å². The van der Waals surface area contributed by atoms with Crippen LogP contribution in [0.1, 0.15) is 35.1 Å². The maximum atomic E-state index is 12.6. The van der Waals surface area contributed by atoms with E-state index in [4.69, 9.17) is 13.7 Å². The lowest BCUT2D eigenvalue weighted by Gasteiger charge is -2.25. The number of furan rings is 1. The topological polar surface area (TPSA) is 80.7 Å². The summed E-state index contributed by atoms with van der Waals surface area (Å²) in [4.78, 5) is 14.9. The zero-order valence-corrected chi connectivity index (χ0v) is 15.8. The first-order chi connectivity index (χ1) is 13.7. The zero-order valence-electron chi connectivity index (χ0n) is 15.8. The summed E-state index contributed by atoms with van der Waals surface area (Å²) in [5.74, 6) is 1.89. The van der Waals surface area contributed by atoms with Crippen molar-refractivity contribution in [2.75, 3.05) is 26.7 Å². The van der Waals surface area contributed by atoms with Crippen LogP contribution in [0, 0.1) is 0 Å². The van der Waals surface area contributed by atoms with Crippen molar-refractivity contribution in [1.82, 2.24) is 15.4 Å². The van der Waals surface area contributed by atoms with Gasteiger partial charge in [-0.05, 0) is 62.3 Å². The van der Waals surface area contributed by atoms with E-state index in [1.54, 1.807) is 19.4 Å². The van der Waals surface area contributed by atoms with Crippen LogP contribution >= 0.6 is 0 Å². The molecule has 7 heteroatoms. The molecule has 0 saturated carbocycles. The van der Waals surface area contributed by atoms with Gasteiger partial charge >= 0.3 is 0 Å². The molecule has 1 saturated heterocycles. The average molecular weight is 381 g/mol. The van der Waals surface area contributed by atoms with Crippen LogP contribution in [0.2, 0.25) is 0 Å². The Labute approximate surface area is 163 Å². The molecule has 1 unspecified atom stereocenters. The summed E-state index contributed by atoms with van der Waals surface area (Å²) >= 11 is 0. The quantitative estimate of drug-likeness (QED) is 0.675. The number of ether oxygens (including phenoxy) is 1. The van der Waals surface area contributed by atoms with Crippen LogP contribution < -0.4 is 10.1 Å². The van der Waals surface area contributed by atoms with E-state index in [0.717, 1.165) is 30.2 Å². The van der Waals surface area contributed by atoms with Crippen LogP contribution in [-0.2, 0) is 0 Å². The number of benzene rings is 1. The van der Waals surface area contributed by atoms with E-state index in [-0.39, 0.29) is 17.6 Å². The number of hydrogen-bond acceptors (Lipinski definition) is 6. The first-order valence-corrected chi connectivity index (χ1v) is 9.41. The SMILES string of the molecule is COc1ccc(-c2cc(C(=O)NCC(c3ccco3)N3CCCC3)no2)cc1. The fourth-order valence-corrected chi connectivity index (χ4v) is 3.50. The van der Waals surface area contributed by atoms with Gasteiger partial charge in [-0.3, -0.25) is 9.69 Å². The highest BCUT2D eigenvalue weighted by Gasteiger charge is 2.26. The van der Waals surface area contributed by atoms with Gasteiger partial charge in [0.1, 0.15) is 11.5 Å². The third kappa shape index (κ3) is 3.94. The van der Waals surface area contributed by atoms with Gasteiger partial charge in [-0.1, -0.05) is 5.16 Å². The standard InChI is InChI=1S/C21H23N3O4/c1-26-16-8-6-15(7-9-16)20-13-17(23-28-20)21(25)22-14-18(19-5-4-12-27-19)24-10-2-3-11-24/h4-9,12-13,18H,2-3,10-11,14H2,1H3,(H,22,25). The summed E-state index contributed by atoms with van der Waals surface area (Å²) in [5.41, 5.74) is 1.09. The van der Waals surface area contributed by atoms with Gasteiger partial charge < -0.3 is 19.0 Å². The third-order valence-corrected chi connectivity index (χ3v) is 5.03. The summed E-state index contributed by atoms with van der Waals surface area (Å²) in [7, 11) is 1.62. The van der Waals surface area contributed by atoms with Crippen LogP contribution in [0.4, 0.5) is 0 Å². The monoisotopic (exact) mass is 381 g/mol. The molecule has 3 aromatic rings. The molecule has 3 heterocycles. The van der Waals surface area contributed by atoms with Gasteiger partial charge in [0.05, 0.1) is 19.4 Å². The van der Waals surface area contributed by atoms with Crippen molar-refractivity contribution in [3.05, 3.63) is 60.2 Å². The lowest BCUT2D eigenvalue weighted by atomic mass is 10.1. The molecule has 7 nitrogen and oxygen atoms in total. The van der Waals surface area contributed by atoms with Crippen molar-refractivity contribution in [3.8, 4) is 17.1 Å². The Morgan fingerprint density at radius 1 is 1.25 bits per heavy atom. The summed E-state index contributed by atoms with van der Waals surface area (Å²) in [6.45, 7) is 2.47. The molecule has 1 N–H and O–H groups in total. The lowest BCUT2D eigenvalue weighted by Crippen LogP contribution is -2.36. The van der Waals surface area contributed by atoms with E-state index < -0.39 is 0 Å². The van der Waals surface area contributed by atoms with Crippen molar-refractivity contribution in [1.29, 1.82) is 0 Å². The van der Waals surface area contributed by atoms with E-state index in [9.17, 15) is 4.79 Å². The molecule has 1 amide bonds. The molecular weight excluding hydrogens is 358 g/mol. The van der Waals surface area contributed by atoms with Gasteiger partial charge in [-0.25, -0.2) is 0 Å². The molecule has 28 heavy (non-hydrogen) atoms. The second kappa shape index (κ2) is 8.31. The van der Waals surface area contributed by atoms with E-state index >= 15 is 0 Å². The highest BCUT2D eigenvalue weighted by atomic mass is 16.5. The molecule has 1 fully saturated rings. The normalized spacial score (nSPS) is 15.5. The minimum atomic E-state index is -0.265. The highest BCUT2D eigenvalue weighted by molar-refractivity contribution is 5.93. The Morgan fingerprint density at radius 3 is 2.71 bits per heavy atom. The number of nitrogens with one attached hydrogen (secondary N) is 1. The second-order valence-corrected chi connectivity index (χ2v) is 6.79. The molecule has 1 aromatic carbocycles. The first-order valence-electron chi connectivity index (χ1n) is 9.41. The van der Waals surface area contributed by atoms with E-state index in [1.165, 1.54) is 12.8 Å². The Balaban J connectivity index is 1.42. The van der Waals surface area contributed by atoms with Gasteiger partial charge in [0.15, 0.2) is 11.5 Å². The molecule has 0 aliphatic carbocycles. The molecule has 4 rings (SSSR count). The molecule has 146 valence electrons. The minimum absolute atomic E-state index is 0.0226. The van der Waals surface area contributed by atoms with Crippen LogP contribution in [-0.4, -0.2) is 42.7 Å². The molecule has 0 bridgehead atoms. The summed E-state index contributed by atoms with van der Waals surface area (Å²) in [5, 5.41) is 6.88.